The van der Waals surface area contributed by atoms with E-state index in [0.29, 0.717) is 36.3 Å². The molecule has 2 aromatic carbocycles. The number of likely N-dealkylation sites (tertiary alicyclic amines) is 1. The number of benzene rings is 2. The summed E-state index contributed by atoms with van der Waals surface area (Å²) in [6.07, 6.45) is 2.27. The van der Waals surface area contributed by atoms with Crippen molar-refractivity contribution in [3.8, 4) is 0 Å². The molecule has 2 amide bonds. The number of sulfonamides is 1. The number of aryl methyl sites for hydroxylation is 2. The van der Waals surface area contributed by atoms with Crippen LogP contribution < -0.4 is 10.0 Å². The van der Waals surface area contributed by atoms with Gasteiger partial charge in [0.15, 0.2) is 0 Å². The van der Waals surface area contributed by atoms with Gasteiger partial charge in [0.05, 0.1) is 4.90 Å². The maximum Gasteiger partial charge on any atom is 0.262 e. The SMILES string of the molecule is CCCNC(=O)[C@@H]1CCCN1C(=O)c1ccc(NS(=O)(=O)c2ccc(C)cc2C)cc1. The van der Waals surface area contributed by atoms with Crippen LogP contribution in [0.15, 0.2) is 47.4 Å². The Morgan fingerprint density at radius 3 is 2.45 bits per heavy atom. The Balaban J connectivity index is 1.72. The summed E-state index contributed by atoms with van der Waals surface area (Å²) in [5.74, 6) is -0.344. The van der Waals surface area contributed by atoms with E-state index in [1.165, 1.54) is 0 Å². The number of hydrogen-bond acceptors (Lipinski definition) is 4. The fourth-order valence-corrected chi connectivity index (χ4v) is 5.09. The lowest BCUT2D eigenvalue weighted by atomic mass is 10.1. The van der Waals surface area contributed by atoms with E-state index in [1.54, 1.807) is 48.2 Å². The minimum atomic E-state index is -3.74. The molecule has 3 rings (SSSR count). The molecule has 0 aromatic heterocycles. The zero-order chi connectivity index (χ0) is 22.6. The zero-order valence-corrected chi connectivity index (χ0v) is 19.0. The van der Waals surface area contributed by atoms with E-state index in [4.69, 9.17) is 0 Å². The average Bonchev–Trinajstić information content (AvgIpc) is 3.21. The first kappa shape index (κ1) is 22.8. The van der Waals surface area contributed by atoms with Crippen LogP contribution in [-0.4, -0.2) is 44.3 Å². The Kier molecular flexibility index (Phi) is 7.00. The molecule has 1 atom stereocenters. The van der Waals surface area contributed by atoms with Crippen molar-refractivity contribution in [2.24, 2.45) is 0 Å². The highest BCUT2D eigenvalue weighted by atomic mass is 32.2. The second kappa shape index (κ2) is 9.51. The van der Waals surface area contributed by atoms with Crippen LogP contribution in [-0.2, 0) is 14.8 Å². The van der Waals surface area contributed by atoms with E-state index in [2.05, 4.69) is 10.0 Å². The highest BCUT2D eigenvalue weighted by Crippen LogP contribution is 2.23. The van der Waals surface area contributed by atoms with E-state index in [-0.39, 0.29) is 16.7 Å². The molecule has 1 aliphatic heterocycles. The summed E-state index contributed by atoms with van der Waals surface area (Å²) in [5.41, 5.74) is 2.45. The van der Waals surface area contributed by atoms with Gasteiger partial charge in [-0.2, -0.15) is 0 Å². The standard InChI is InChI=1S/C23H29N3O4S/c1-4-13-24-22(27)20-6-5-14-26(20)23(28)18-8-10-19(11-9-18)25-31(29,30)21-12-7-16(2)15-17(21)3/h7-12,15,20,25H,4-6,13-14H2,1-3H3,(H,24,27)/t20-/m0/s1. The van der Waals surface area contributed by atoms with Gasteiger partial charge in [0.25, 0.3) is 15.9 Å². The number of anilines is 1. The minimum Gasteiger partial charge on any atom is -0.354 e. The molecule has 1 saturated heterocycles. The monoisotopic (exact) mass is 443 g/mol. The predicted molar refractivity (Wildman–Crippen MR) is 121 cm³/mol. The Bertz CT molecular complexity index is 1060. The molecule has 31 heavy (non-hydrogen) atoms. The van der Waals surface area contributed by atoms with Crippen LogP contribution in [0.5, 0.6) is 0 Å². The van der Waals surface area contributed by atoms with Crippen molar-refractivity contribution in [2.45, 2.75) is 51.0 Å². The van der Waals surface area contributed by atoms with Gasteiger partial charge >= 0.3 is 0 Å². The highest BCUT2D eigenvalue weighted by Gasteiger charge is 2.34. The summed E-state index contributed by atoms with van der Waals surface area (Å²) in [7, 11) is -3.74. The van der Waals surface area contributed by atoms with Crippen LogP contribution >= 0.6 is 0 Å². The summed E-state index contributed by atoms with van der Waals surface area (Å²) >= 11 is 0. The van der Waals surface area contributed by atoms with Crippen LogP contribution in [0.25, 0.3) is 0 Å². The smallest absolute Gasteiger partial charge is 0.262 e. The second-order valence-corrected chi connectivity index (χ2v) is 9.55. The second-order valence-electron chi connectivity index (χ2n) is 7.90. The average molecular weight is 444 g/mol. The Morgan fingerprint density at radius 1 is 1.10 bits per heavy atom. The van der Waals surface area contributed by atoms with E-state index >= 15 is 0 Å². The van der Waals surface area contributed by atoms with Gasteiger partial charge in [-0.3, -0.25) is 14.3 Å². The lowest BCUT2D eigenvalue weighted by Crippen LogP contribution is -2.46. The molecule has 2 aromatic rings. The number of hydrogen-bond donors (Lipinski definition) is 2. The molecule has 166 valence electrons. The first-order valence-corrected chi connectivity index (χ1v) is 12.0. The van der Waals surface area contributed by atoms with Crippen molar-refractivity contribution in [3.63, 3.8) is 0 Å². The summed E-state index contributed by atoms with van der Waals surface area (Å²) in [4.78, 5) is 27.1. The van der Waals surface area contributed by atoms with Gasteiger partial charge in [-0.25, -0.2) is 8.42 Å². The van der Waals surface area contributed by atoms with Gasteiger partial charge in [0, 0.05) is 24.3 Å². The fraction of sp³-hybridized carbons (Fsp3) is 0.391. The minimum absolute atomic E-state index is 0.120. The van der Waals surface area contributed by atoms with Gasteiger partial charge in [-0.05, 0) is 69.0 Å². The lowest BCUT2D eigenvalue weighted by molar-refractivity contribution is -0.124. The van der Waals surface area contributed by atoms with Crippen molar-refractivity contribution in [1.29, 1.82) is 0 Å². The van der Waals surface area contributed by atoms with Gasteiger partial charge < -0.3 is 10.2 Å². The van der Waals surface area contributed by atoms with Crippen LogP contribution in [0.4, 0.5) is 5.69 Å². The van der Waals surface area contributed by atoms with Crippen LogP contribution in [0.2, 0.25) is 0 Å². The van der Waals surface area contributed by atoms with Crippen LogP contribution in [0.1, 0.15) is 47.7 Å². The van der Waals surface area contributed by atoms with Crippen molar-refractivity contribution in [1.82, 2.24) is 10.2 Å². The molecule has 0 spiro atoms. The number of rotatable bonds is 7. The summed E-state index contributed by atoms with van der Waals surface area (Å²) < 4.78 is 28.0. The van der Waals surface area contributed by atoms with Crippen LogP contribution in [0.3, 0.4) is 0 Å². The molecule has 1 aliphatic rings. The van der Waals surface area contributed by atoms with Crippen molar-refractivity contribution >= 4 is 27.5 Å². The van der Waals surface area contributed by atoms with Crippen molar-refractivity contribution in [2.75, 3.05) is 17.8 Å². The third-order valence-corrected chi connectivity index (χ3v) is 6.91. The van der Waals surface area contributed by atoms with E-state index in [9.17, 15) is 18.0 Å². The normalized spacial score (nSPS) is 16.2. The fourth-order valence-electron chi connectivity index (χ4n) is 3.81. The molecule has 2 N–H and O–H groups in total. The molecular formula is C23H29N3O4S. The van der Waals surface area contributed by atoms with Gasteiger partial charge in [0.1, 0.15) is 6.04 Å². The predicted octanol–water partition coefficient (Wildman–Crippen LogP) is 3.24. The molecule has 0 unspecified atom stereocenters. The maximum atomic E-state index is 12.9. The molecule has 0 saturated carbocycles. The molecule has 0 bridgehead atoms. The summed E-state index contributed by atoms with van der Waals surface area (Å²) in [6.45, 7) is 6.77. The van der Waals surface area contributed by atoms with Crippen molar-refractivity contribution < 1.29 is 18.0 Å². The quantitative estimate of drug-likeness (QED) is 0.687. The number of amides is 2. The summed E-state index contributed by atoms with van der Waals surface area (Å²) in [6, 6.07) is 11.0. The first-order valence-electron chi connectivity index (χ1n) is 10.5. The number of nitrogens with one attached hydrogen (secondary N) is 2. The lowest BCUT2D eigenvalue weighted by Gasteiger charge is -2.24. The highest BCUT2D eigenvalue weighted by molar-refractivity contribution is 7.92. The zero-order valence-electron chi connectivity index (χ0n) is 18.1. The van der Waals surface area contributed by atoms with Crippen LogP contribution in [0, 0.1) is 13.8 Å². The third-order valence-electron chi connectivity index (χ3n) is 5.37. The topological polar surface area (TPSA) is 95.6 Å². The maximum absolute atomic E-state index is 12.9. The van der Waals surface area contributed by atoms with E-state index in [1.807, 2.05) is 19.9 Å². The molecule has 0 aliphatic carbocycles. The summed E-state index contributed by atoms with van der Waals surface area (Å²) in [5, 5.41) is 2.86. The largest absolute Gasteiger partial charge is 0.354 e. The Morgan fingerprint density at radius 2 is 1.81 bits per heavy atom. The van der Waals surface area contributed by atoms with Crippen molar-refractivity contribution in [3.05, 3.63) is 59.2 Å². The Labute approximate surface area is 183 Å². The van der Waals surface area contributed by atoms with Gasteiger partial charge in [0.2, 0.25) is 5.91 Å². The number of carbonyl (C=O) groups excluding carboxylic acids is 2. The Hall–Kier alpha value is -2.87. The first-order chi connectivity index (χ1) is 14.7. The number of carbonyl (C=O) groups is 2. The van der Waals surface area contributed by atoms with Gasteiger partial charge in [-0.1, -0.05) is 24.6 Å². The number of nitrogens with zero attached hydrogens (tertiary/aromatic N) is 1. The molecule has 0 radical (unpaired) electrons. The van der Waals surface area contributed by atoms with E-state index < -0.39 is 16.1 Å². The molecule has 7 nitrogen and oxygen atoms in total. The van der Waals surface area contributed by atoms with Gasteiger partial charge in [-0.15, -0.1) is 0 Å². The molecule has 1 heterocycles. The van der Waals surface area contributed by atoms with E-state index in [0.717, 1.165) is 18.4 Å². The molecular weight excluding hydrogens is 414 g/mol. The molecule has 1 fully saturated rings. The molecule has 8 heteroatoms. The third kappa shape index (κ3) is 5.25.